The number of halogens is 1. The maximum absolute atomic E-state index is 12.4. The van der Waals surface area contributed by atoms with E-state index in [0.717, 1.165) is 31.6 Å². The molecule has 1 aliphatic rings. The standard InChI is InChI=1S/C13H20N2O5S2.ClH/c1-20-11-5-4-10(21(2,16)17)8-12(11)22(18,19)15-9-13(14)6-3-7-13;/h4-5,8,15H,3,6-7,9,14H2,1-2H3;1H. The van der Waals surface area contributed by atoms with E-state index < -0.39 is 25.4 Å². The van der Waals surface area contributed by atoms with E-state index in [1.54, 1.807) is 0 Å². The number of nitrogens with two attached hydrogens (primary N) is 1. The van der Waals surface area contributed by atoms with Gasteiger partial charge in [-0.15, -0.1) is 12.4 Å². The maximum atomic E-state index is 12.4. The molecule has 0 aliphatic heterocycles. The highest BCUT2D eigenvalue weighted by molar-refractivity contribution is 7.91. The number of rotatable bonds is 6. The van der Waals surface area contributed by atoms with Crippen LogP contribution in [-0.4, -0.2) is 42.3 Å². The van der Waals surface area contributed by atoms with Gasteiger partial charge in [0.15, 0.2) is 9.84 Å². The molecule has 3 N–H and O–H groups in total. The fourth-order valence-electron chi connectivity index (χ4n) is 2.22. The van der Waals surface area contributed by atoms with E-state index in [-0.39, 0.29) is 34.5 Å². The molecular weight excluding hydrogens is 364 g/mol. The van der Waals surface area contributed by atoms with Crippen molar-refractivity contribution in [3.63, 3.8) is 0 Å². The Hall–Kier alpha value is -0.870. The summed E-state index contributed by atoms with van der Waals surface area (Å²) in [5.41, 5.74) is 5.48. The summed E-state index contributed by atoms with van der Waals surface area (Å²) in [7, 11) is -6.11. The van der Waals surface area contributed by atoms with Crippen molar-refractivity contribution in [2.45, 2.75) is 34.6 Å². The highest BCUT2D eigenvalue weighted by atomic mass is 35.5. The van der Waals surface area contributed by atoms with Gasteiger partial charge < -0.3 is 10.5 Å². The van der Waals surface area contributed by atoms with Crippen molar-refractivity contribution in [3.8, 4) is 5.75 Å². The van der Waals surface area contributed by atoms with Crippen molar-refractivity contribution >= 4 is 32.3 Å². The molecule has 0 heterocycles. The Morgan fingerprint density at radius 2 is 1.87 bits per heavy atom. The summed E-state index contributed by atoms with van der Waals surface area (Å²) in [6.45, 7) is 0.113. The van der Waals surface area contributed by atoms with Crippen LogP contribution in [-0.2, 0) is 19.9 Å². The number of nitrogens with one attached hydrogen (secondary N) is 1. The second kappa shape index (κ2) is 6.94. The zero-order valence-electron chi connectivity index (χ0n) is 12.9. The average molecular weight is 385 g/mol. The largest absolute Gasteiger partial charge is 0.495 e. The van der Waals surface area contributed by atoms with Gasteiger partial charge in [0.1, 0.15) is 10.6 Å². The first kappa shape index (κ1) is 20.2. The number of hydrogen-bond acceptors (Lipinski definition) is 6. The number of benzene rings is 1. The van der Waals surface area contributed by atoms with Gasteiger partial charge in [-0.2, -0.15) is 0 Å². The summed E-state index contributed by atoms with van der Waals surface area (Å²) in [5, 5.41) is 0. The van der Waals surface area contributed by atoms with Gasteiger partial charge in [-0.3, -0.25) is 0 Å². The van der Waals surface area contributed by atoms with Crippen LogP contribution in [0.1, 0.15) is 19.3 Å². The van der Waals surface area contributed by atoms with Crippen LogP contribution in [0.5, 0.6) is 5.75 Å². The third-order valence-electron chi connectivity index (χ3n) is 3.82. The van der Waals surface area contributed by atoms with E-state index >= 15 is 0 Å². The van der Waals surface area contributed by atoms with Crippen LogP contribution in [0.15, 0.2) is 28.0 Å². The third kappa shape index (κ3) is 4.57. The molecule has 10 heteroatoms. The molecule has 0 spiro atoms. The first-order chi connectivity index (χ1) is 10.1. The minimum absolute atomic E-state index is 0. The number of ether oxygens (including phenoxy) is 1. The maximum Gasteiger partial charge on any atom is 0.244 e. The van der Waals surface area contributed by atoms with E-state index in [9.17, 15) is 16.8 Å². The van der Waals surface area contributed by atoms with Crippen LogP contribution in [0.2, 0.25) is 0 Å². The van der Waals surface area contributed by atoms with Crippen LogP contribution < -0.4 is 15.2 Å². The Morgan fingerprint density at radius 3 is 2.30 bits per heavy atom. The van der Waals surface area contributed by atoms with Crippen LogP contribution >= 0.6 is 12.4 Å². The minimum Gasteiger partial charge on any atom is -0.495 e. The molecule has 7 nitrogen and oxygen atoms in total. The van der Waals surface area contributed by atoms with Crippen molar-refractivity contribution in [3.05, 3.63) is 18.2 Å². The fraction of sp³-hybridized carbons (Fsp3) is 0.538. The van der Waals surface area contributed by atoms with Gasteiger partial charge >= 0.3 is 0 Å². The second-order valence-electron chi connectivity index (χ2n) is 5.63. The van der Waals surface area contributed by atoms with E-state index in [2.05, 4.69) is 4.72 Å². The van der Waals surface area contributed by atoms with Crippen LogP contribution in [0.4, 0.5) is 0 Å². The van der Waals surface area contributed by atoms with Gasteiger partial charge in [-0.05, 0) is 37.5 Å². The van der Waals surface area contributed by atoms with E-state index in [4.69, 9.17) is 10.5 Å². The van der Waals surface area contributed by atoms with Crippen molar-refractivity contribution < 1.29 is 21.6 Å². The van der Waals surface area contributed by atoms with Gasteiger partial charge in [0.05, 0.1) is 12.0 Å². The van der Waals surface area contributed by atoms with Crippen LogP contribution in [0.3, 0.4) is 0 Å². The number of sulfonamides is 1. The van der Waals surface area contributed by atoms with Gasteiger partial charge in [-0.25, -0.2) is 21.6 Å². The Kier molecular flexibility index (Phi) is 6.09. The Bertz CT molecular complexity index is 774. The Labute approximate surface area is 143 Å². The van der Waals surface area contributed by atoms with Crippen molar-refractivity contribution in [2.24, 2.45) is 5.73 Å². The highest BCUT2D eigenvalue weighted by Crippen LogP contribution is 2.30. The molecule has 0 bridgehead atoms. The summed E-state index contributed by atoms with van der Waals surface area (Å²) in [4.78, 5) is -0.291. The molecule has 1 aromatic carbocycles. The topological polar surface area (TPSA) is 116 Å². The molecule has 1 saturated carbocycles. The SMILES string of the molecule is COc1ccc(S(C)(=O)=O)cc1S(=O)(=O)NCC1(N)CCC1.Cl. The molecule has 0 unspecified atom stereocenters. The van der Waals surface area contributed by atoms with E-state index in [0.29, 0.717) is 0 Å². The summed E-state index contributed by atoms with van der Waals surface area (Å²) in [5.74, 6) is 0.0829. The van der Waals surface area contributed by atoms with Gasteiger partial charge in [-0.1, -0.05) is 0 Å². The quantitative estimate of drug-likeness (QED) is 0.745. The van der Waals surface area contributed by atoms with Crippen molar-refractivity contribution in [1.82, 2.24) is 4.72 Å². The molecule has 1 aromatic rings. The second-order valence-corrected chi connectivity index (χ2v) is 9.38. The Morgan fingerprint density at radius 1 is 1.26 bits per heavy atom. The first-order valence-corrected chi connectivity index (χ1v) is 10.1. The van der Waals surface area contributed by atoms with Gasteiger partial charge in [0, 0.05) is 18.3 Å². The lowest BCUT2D eigenvalue weighted by Crippen LogP contribution is -2.54. The number of hydrogen-bond donors (Lipinski definition) is 2. The smallest absolute Gasteiger partial charge is 0.244 e. The summed E-state index contributed by atoms with van der Waals surface area (Å²) in [6, 6.07) is 3.73. The average Bonchev–Trinajstić information content (AvgIpc) is 2.41. The number of methoxy groups -OCH3 is 1. The lowest BCUT2D eigenvalue weighted by Gasteiger charge is -2.38. The molecule has 0 saturated heterocycles. The van der Waals surface area contributed by atoms with E-state index in [1.807, 2.05) is 0 Å². The molecule has 2 rings (SSSR count). The molecule has 0 atom stereocenters. The molecule has 23 heavy (non-hydrogen) atoms. The van der Waals surface area contributed by atoms with E-state index in [1.165, 1.54) is 19.2 Å². The first-order valence-electron chi connectivity index (χ1n) is 6.74. The van der Waals surface area contributed by atoms with Gasteiger partial charge in [0.2, 0.25) is 10.0 Å². The van der Waals surface area contributed by atoms with Crippen molar-refractivity contribution in [2.75, 3.05) is 19.9 Å². The molecule has 0 amide bonds. The minimum atomic E-state index is -3.91. The van der Waals surface area contributed by atoms with Crippen LogP contribution in [0, 0.1) is 0 Å². The van der Waals surface area contributed by atoms with Crippen LogP contribution in [0.25, 0.3) is 0 Å². The molecule has 1 fully saturated rings. The fourth-order valence-corrected chi connectivity index (χ4v) is 4.27. The lowest BCUT2D eigenvalue weighted by molar-refractivity contribution is 0.251. The van der Waals surface area contributed by atoms with Crippen molar-refractivity contribution in [1.29, 1.82) is 0 Å². The zero-order valence-corrected chi connectivity index (χ0v) is 15.4. The molecule has 0 aromatic heterocycles. The molecule has 0 radical (unpaired) electrons. The number of sulfone groups is 1. The normalized spacial score (nSPS) is 17.0. The highest BCUT2D eigenvalue weighted by Gasteiger charge is 2.34. The van der Waals surface area contributed by atoms with Gasteiger partial charge in [0.25, 0.3) is 0 Å². The lowest BCUT2D eigenvalue weighted by atomic mass is 9.78. The summed E-state index contributed by atoms with van der Waals surface area (Å²) >= 11 is 0. The molecule has 1 aliphatic carbocycles. The zero-order chi connectivity index (χ0) is 16.6. The third-order valence-corrected chi connectivity index (χ3v) is 6.35. The summed E-state index contributed by atoms with van der Waals surface area (Å²) < 4.78 is 55.6. The Balaban J connectivity index is 0.00000264. The predicted octanol–water partition coefficient (Wildman–Crippen LogP) is 0.680. The molecular formula is C13H21ClN2O5S2. The monoisotopic (exact) mass is 384 g/mol. The predicted molar refractivity (Wildman–Crippen MR) is 89.3 cm³/mol. The summed E-state index contributed by atoms with van der Waals surface area (Å²) in [6.07, 6.45) is 3.51. The molecule has 132 valence electrons.